The molecule has 5 atom stereocenters. The van der Waals surface area contributed by atoms with Gasteiger partial charge < -0.3 is 15.3 Å². The molecule has 20 heavy (non-hydrogen) atoms. The van der Waals surface area contributed by atoms with Crippen LogP contribution in [0.15, 0.2) is 0 Å². The van der Waals surface area contributed by atoms with Crippen LogP contribution < -0.4 is 5.32 Å². The lowest BCUT2D eigenvalue weighted by atomic mass is 9.69. The number of rotatable bonds is 3. The average Bonchev–Trinajstić information content (AvgIpc) is 2.41. The summed E-state index contributed by atoms with van der Waals surface area (Å²) in [6.07, 6.45) is 1.90. The van der Waals surface area contributed by atoms with Crippen molar-refractivity contribution in [1.29, 1.82) is 0 Å². The van der Waals surface area contributed by atoms with Crippen LogP contribution in [0.2, 0.25) is 0 Å². The van der Waals surface area contributed by atoms with E-state index >= 15 is 0 Å². The van der Waals surface area contributed by atoms with Gasteiger partial charge in [-0.3, -0.25) is 14.4 Å². The van der Waals surface area contributed by atoms with E-state index in [2.05, 4.69) is 5.32 Å². The first-order valence-electron chi connectivity index (χ1n) is 7.39. The number of carbonyl (C=O) groups is 3. The van der Waals surface area contributed by atoms with Gasteiger partial charge in [-0.05, 0) is 19.3 Å². The molecule has 0 unspecified atom stereocenters. The molecule has 2 N–H and O–H groups in total. The van der Waals surface area contributed by atoms with Gasteiger partial charge in [0.25, 0.3) is 0 Å². The molecule has 6 rings (SSSR count). The smallest absolute Gasteiger partial charge is 0.233 e. The average molecular weight is 280 g/mol. The Morgan fingerprint density at radius 1 is 1.30 bits per heavy atom. The summed E-state index contributed by atoms with van der Waals surface area (Å²) < 4.78 is 0. The molecule has 6 fully saturated rings. The maximum Gasteiger partial charge on any atom is 0.233 e. The Morgan fingerprint density at radius 2 is 2.05 bits per heavy atom. The number of piperidine rings is 2. The monoisotopic (exact) mass is 280 g/mol. The third kappa shape index (κ3) is 1.78. The minimum Gasteiger partial charge on any atom is -0.383 e. The molecule has 0 aromatic heterocycles. The fourth-order valence-corrected chi connectivity index (χ4v) is 3.80. The van der Waals surface area contributed by atoms with E-state index in [1.165, 1.54) is 0 Å². The maximum atomic E-state index is 12.6. The van der Waals surface area contributed by atoms with Gasteiger partial charge in [-0.25, -0.2) is 0 Å². The summed E-state index contributed by atoms with van der Waals surface area (Å²) in [5.41, 5.74) is 0. The minimum absolute atomic E-state index is 0.0174. The number of ketones is 1. The van der Waals surface area contributed by atoms with Crippen molar-refractivity contribution in [2.75, 3.05) is 6.54 Å². The normalized spacial score (nSPS) is 39.8. The lowest BCUT2D eigenvalue weighted by Gasteiger charge is -2.51. The molecule has 6 nitrogen and oxygen atoms in total. The van der Waals surface area contributed by atoms with E-state index in [0.29, 0.717) is 19.4 Å². The molecule has 6 aliphatic rings. The van der Waals surface area contributed by atoms with E-state index < -0.39 is 29.8 Å². The fraction of sp³-hybridized carbons (Fsp3) is 0.786. The lowest BCUT2D eigenvalue weighted by Crippen LogP contribution is -2.72. The van der Waals surface area contributed by atoms with Crippen LogP contribution in [0.5, 0.6) is 0 Å². The van der Waals surface area contributed by atoms with Crippen LogP contribution in [0.1, 0.15) is 32.6 Å². The summed E-state index contributed by atoms with van der Waals surface area (Å²) in [5.74, 6) is -2.12. The molecule has 2 amide bonds. The quantitative estimate of drug-likeness (QED) is 0.679. The Hall–Kier alpha value is -1.43. The van der Waals surface area contributed by atoms with E-state index in [1.807, 2.05) is 6.92 Å². The van der Waals surface area contributed by atoms with Gasteiger partial charge in [0, 0.05) is 6.54 Å². The highest BCUT2D eigenvalue weighted by molar-refractivity contribution is 6.08. The fourth-order valence-electron chi connectivity index (χ4n) is 3.80. The molecule has 5 aliphatic heterocycles. The molecule has 6 heteroatoms. The number of nitrogens with zero attached hydrogens (tertiary/aromatic N) is 1. The summed E-state index contributed by atoms with van der Waals surface area (Å²) in [7, 11) is 0. The van der Waals surface area contributed by atoms with Crippen LogP contribution >= 0.6 is 0 Å². The minimum atomic E-state index is -1.23. The van der Waals surface area contributed by atoms with Gasteiger partial charge in [-0.1, -0.05) is 13.3 Å². The van der Waals surface area contributed by atoms with Crippen molar-refractivity contribution in [1.82, 2.24) is 10.2 Å². The molecule has 0 radical (unpaired) electrons. The Morgan fingerprint density at radius 3 is 2.75 bits per heavy atom. The van der Waals surface area contributed by atoms with Gasteiger partial charge in [-0.15, -0.1) is 0 Å². The third-order valence-electron chi connectivity index (χ3n) is 4.87. The maximum absolute atomic E-state index is 12.6. The van der Waals surface area contributed by atoms with Crippen LogP contribution in [0, 0.1) is 11.8 Å². The number of unbranched alkanes of at least 4 members (excludes halogenated alkanes) is 1. The van der Waals surface area contributed by atoms with Crippen LogP contribution in [0.25, 0.3) is 0 Å². The van der Waals surface area contributed by atoms with E-state index in [0.717, 1.165) is 12.8 Å². The van der Waals surface area contributed by atoms with Crippen LogP contribution in [-0.2, 0) is 14.4 Å². The molecular weight excluding hydrogens is 260 g/mol. The number of aliphatic hydroxyl groups excluding tert-OH is 1. The number of aliphatic hydroxyl groups is 1. The second kappa shape index (κ2) is 4.84. The van der Waals surface area contributed by atoms with Gasteiger partial charge in [-0.2, -0.15) is 0 Å². The van der Waals surface area contributed by atoms with Crippen molar-refractivity contribution in [2.45, 2.75) is 50.8 Å². The standard InChI is InChI=1S/C14H20N2O4/c1-2-3-6-16-8-5-4-7(14(16)20)10-12(18)11(17)9(8)13(19)15-10/h7-10,12,18H,2-6H2,1H3,(H,15,19)/t7-,8+,9+,10+,12+/m1/s1. The molecule has 5 saturated heterocycles. The summed E-state index contributed by atoms with van der Waals surface area (Å²) in [6.45, 7) is 2.64. The Balaban J connectivity index is 1.99. The Labute approximate surface area is 117 Å². The largest absolute Gasteiger partial charge is 0.383 e. The molecule has 0 aromatic rings. The summed E-state index contributed by atoms with van der Waals surface area (Å²) >= 11 is 0. The summed E-state index contributed by atoms with van der Waals surface area (Å²) in [4.78, 5) is 38.6. The number of nitrogens with one attached hydrogen (secondary N) is 1. The van der Waals surface area contributed by atoms with Gasteiger partial charge in [0.15, 0.2) is 5.78 Å². The van der Waals surface area contributed by atoms with E-state index in [9.17, 15) is 19.5 Å². The second-order valence-corrected chi connectivity index (χ2v) is 6.00. The topological polar surface area (TPSA) is 86.7 Å². The third-order valence-corrected chi connectivity index (χ3v) is 4.87. The predicted octanol–water partition coefficient (Wildman–Crippen LogP) is -0.548. The van der Waals surface area contributed by atoms with E-state index in [4.69, 9.17) is 0 Å². The summed E-state index contributed by atoms with van der Waals surface area (Å²) in [5, 5.41) is 12.7. The first-order valence-corrected chi connectivity index (χ1v) is 7.39. The first-order chi connectivity index (χ1) is 9.56. The first kappa shape index (κ1) is 13.5. The van der Waals surface area contributed by atoms with Gasteiger partial charge in [0.1, 0.15) is 12.0 Å². The Bertz CT molecular complexity index is 464. The molecule has 0 spiro atoms. The van der Waals surface area contributed by atoms with Crippen LogP contribution in [0.3, 0.4) is 0 Å². The van der Waals surface area contributed by atoms with Crippen LogP contribution in [0.4, 0.5) is 0 Å². The SMILES string of the molecule is CCCCN1C(=O)[C@@H]2CC[C@H]1[C@@H]1C(=O)N[C@@H]2[C@H](O)C1=O. The zero-order chi connectivity index (χ0) is 14.4. The van der Waals surface area contributed by atoms with Crippen molar-refractivity contribution in [2.24, 2.45) is 11.8 Å². The number of carbonyl (C=O) groups excluding carboxylic acids is 3. The molecular formula is C14H20N2O4. The number of amides is 2. The van der Waals surface area contributed by atoms with Crippen LogP contribution in [-0.4, -0.2) is 52.3 Å². The van der Waals surface area contributed by atoms with Crippen molar-refractivity contribution in [3.8, 4) is 0 Å². The highest BCUT2D eigenvalue weighted by Crippen LogP contribution is 2.38. The molecule has 0 aromatic carbocycles. The van der Waals surface area contributed by atoms with E-state index in [-0.39, 0.29) is 17.9 Å². The second-order valence-electron chi connectivity index (χ2n) is 6.00. The molecule has 5 heterocycles. The molecule has 1 aliphatic carbocycles. The summed E-state index contributed by atoms with van der Waals surface area (Å²) in [6, 6.07) is -1.13. The molecule has 1 saturated carbocycles. The van der Waals surface area contributed by atoms with E-state index in [1.54, 1.807) is 4.90 Å². The zero-order valence-corrected chi connectivity index (χ0v) is 11.5. The Kier molecular flexibility index (Phi) is 3.28. The number of hydrogen-bond donors (Lipinski definition) is 2. The highest BCUT2D eigenvalue weighted by Gasteiger charge is 2.57. The molecule has 4 bridgehead atoms. The van der Waals surface area contributed by atoms with Crippen molar-refractivity contribution >= 4 is 17.6 Å². The number of Topliss-reactive ketones (excluding diaryl/α,β-unsaturated/α-hetero) is 1. The van der Waals surface area contributed by atoms with Crippen molar-refractivity contribution in [3.05, 3.63) is 0 Å². The highest BCUT2D eigenvalue weighted by atomic mass is 16.3. The number of hydrogen-bond acceptors (Lipinski definition) is 4. The molecule has 110 valence electrons. The van der Waals surface area contributed by atoms with Crippen molar-refractivity contribution in [3.63, 3.8) is 0 Å². The predicted molar refractivity (Wildman–Crippen MR) is 69.6 cm³/mol. The van der Waals surface area contributed by atoms with Gasteiger partial charge >= 0.3 is 0 Å². The van der Waals surface area contributed by atoms with Crippen molar-refractivity contribution < 1.29 is 19.5 Å². The van der Waals surface area contributed by atoms with Gasteiger partial charge in [0.05, 0.1) is 18.0 Å². The lowest BCUT2D eigenvalue weighted by molar-refractivity contribution is -0.166. The van der Waals surface area contributed by atoms with Gasteiger partial charge in [0.2, 0.25) is 11.8 Å². The zero-order valence-electron chi connectivity index (χ0n) is 11.5.